The molecule has 7 heteroatoms. The molecule has 0 spiro atoms. The Morgan fingerprint density at radius 3 is 2.65 bits per heavy atom. The average Bonchev–Trinajstić information content (AvgIpc) is 3.06. The summed E-state index contributed by atoms with van der Waals surface area (Å²) in [6, 6.07) is 8.34. The van der Waals surface area contributed by atoms with E-state index in [-0.39, 0.29) is 0 Å². The van der Waals surface area contributed by atoms with E-state index in [0.29, 0.717) is 13.2 Å². The maximum atomic E-state index is 5.04. The van der Waals surface area contributed by atoms with Gasteiger partial charge in [0.05, 0.1) is 23.9 Å². The molecular weight excluding hydrogens is 346 g/mol. The Balaban J connectivity index is 1.81. The van der Waals surface area contributed by atoms with E-state index in [1.54, 1.807) is 18.4 Å². The number of benzene rings is 1. The Labute approximate surface area is 160 Å². The molecule has 0 saturated heterocycles. The summed E-state index contributed by atoms with van der Waals surface area (Å²) in [5.41, 5.74) is 3.40. The van der Waals surface area contributed by atoms with E-state index in [9.17, 15) is 0 Å². The standard InChI is InChI=1S/C19H29N5OS/c1-4-20-19(22-10-9-18-14-26-15(2)24-18)23-13-16-5-7-17(8-6-16)21-11-12-25-3/h5-8,14,21H,4,9-13H2,1-3H3,(H2,20,22,23). The van der Waals surface area contributed by atoms with Crippen LogP contribution < -0.4 is 16.0 Å². The minimum atomic E-state index is 0.642. The Morgan fingerprint density at radius 1 is 1.19 bits per heavy atom. The molecule has 2 aromatic rings. The largest absolute Gasteiger partial charge is 0.383 e. The van der Waals surface area contributed by atoms with Gasteiger partial charge < -0.3 is 20.7 Å². The molecule has 2 rings (SSSR count). The average molecular weight is 376 g/mol. The minimum absolute atomic E-state index is 0.642. The van der Waals surface area contributed by atoms with Crippen LogP contribution >= 0.6 is 11.3 Å². The summed E-state index contributed by atoms with van der Waals surface area (Å²) >= 11 is 1.69. The minimum Gasteiger partial charge on any atom is -0.383 e. The zero-order valence-electron chi connectivity index (χ0n) is 15.8. The highest BCUT2D eigenvalue weighted by atomic mass is 32.1. The van der Waals surface area contributed by atoms with Crippen molar-refractivity contribution in [1.82, 2.24) is 15.6 Å². The molecular formula is C19H29N5OS. The Kier molecular flexibility index (Phi) is 8.92. The van der Waals surface area contributed by atoms with Gasteiger partial charge in [-0.1, -0.05) is 12.1 Å². The summed E-state index contributed by atoms with van der Waals surface area (Å²) in [5.74, 6) is 0.835. The predicted octanol–water partition coefficient (Wildman–Crippen LogP) is 2.81. The lowest BCUT2D eigenvalue weighted by Crippen LogP contribution is -2.38. The lowest BCUT2D eigenvalue weighted by atomic mass is 10.2. The van der Waals surface area contributed by atoms with Gasteiger partial charge in [-0.25, -0.2) is 9.98 Å². The lowest BCUT2D eigenvalue weighted by Gasteiger charge is -2.11. The van der Waals surface area contributed by atoms with E-state index in [2.05, 4.69) is 62.5 Å². The molecule has 6 nitrogen and oxygen atoms in total. The van der Waals surface area contributed by atoms with Gasteiger partial charge in [0.1, 0.15) is 0 Å². The molecule has 0 radical (unpaired) electrons. The molecule has 0 bridgehead atoms. The second-order valence-corrected chi connectivity index (χ2v) is 6.91. The number of nitrogens with zero attached hydrogens (tertiary/aromatic N) is 2. The molecule has 3 N–H and O–H groups in total. The highest BCUT2D eigenvalue weighted by molar-refractivity contribution is 7.09. The van der Waals surface area contributed by atoms with E-state index in [1.807, 2.05) is 6.92 Å². The van der Waals surface area contributed by atoms with Gasteiger partial charge in [-0.3, -0.25) is 0 Å². The molecule has 0 saturated carbocycles. The number of thiazole rings is 1. The van der Waals surface area contributed by atoms with E-state index in [1.165, 1.54) is 5.56 Å². The van der Waals surface area contributed by atoms with Gasteiger partial charge in [-0.05, 0) is 31.5 Å². The van der Waals surface area contributed by atoms with Gasteiger partial charge >= 0.3 is 0 Å². The summed E-state index contributed by atoms with van der Waals surface area (Å²) in [4.78, 5) is 9.15. The number of ether oxygens (including phenoxy) is 1. The van der Waals surface area contributed by atoms with E-state index >= 15 is 0 Å². The van der Waals surface area contributed by atoms with Crippen molar-refractivity contribution in [3.63, 3.8) is 0 Å². The monoisotopic (exact) mass is 375 g/mol. The molecule has 1 aromatic carbocycles. The molecule has 0 amide bonds. The van der Waals surface area contributed by atoms with Gasteiger partial charge in [-0.15, -0.1) is 11.3 Å². The molecule has 1 aromatic heterocycles. The SMILES string of the molecule is CCNC(=NCc1ccc(NCCOC)cc1)NCCc1csc(C)n1. The van der Waals surface area contributed by atoms with Crippen LogP contribution in [0, 0.1) is 6.92 Å². The third-order valence-electron chi connectivity index (χ3n) is 3.69. The van der Waals surface area contributed by atoms with Crippen LogP contribution in [0.2, 0.25) is 0 Å². The molecule has 0 atom stereocenters. The molecule has 142 valence electrons. The first-order valence-electron chi connectivity index (χ1n) is 8.96. The highest BCUT2D eigenvalue weighted by Crippen LogP contribution is 2.10. The van der Waals surface area contributed by atoms with Crippen molar-refractivity contribution in [3.8, 4) is 0 Å². The number of anilines is 1. The van der Waals surface area contributed by atoms with Crippen molar-refractivity contribution in [2.75, 3.05) is 38.7 Å². The highest BCUT2D eigenvalue weighted by Gasteiger charge is 2.01. The molecule has 0 aliphatic heterocycles. The van der Waals surface area contributed by atoms with Crippen molar-refractivity contribution >= 4 is 23.0 Å². The van der Waals surface area contributed by atoms with Gasteiger partial charge in [-0.2, -0.15) is 0 Å². The first-order valence-corrected chi connectivity index (χ1v) is 9.84. The maximum absolute atomic E-state index is 5.04. The fourth-order valence-electron chi connectivity index (χ4n) is 2.37. The van der Waals surface area contributed by atoms with Crippen molar-refractivity contribution in [2.45, 2.75) is 26.8 Å². The van der Waals surface area contributed by atoms with Crippen LogP contribution in [0.4, 0.5) is 5.69 Å². The van der Waals surface area contributed by atoms with Gasteiger partial charge in [0.2, 0.25) is 0 Å². The second-order valence-electron chi connectivity index (χ2n) is 5.85. The van der Waals surface area contributed by atoms with Crippen molar-refractivity contribution in [3.05, 3.63) is 45.9 Å². The third kappa shape index (κ3) is 7.41. The van der Waals surface area contributed by atoms with Crippen molar-refractivity contribution in [2.24, 2.45) is 4.99 Å². The summed E-state index contributed by atoms with van der Waals surface area (Å²) in [6.07, 6.45) is 0.899. The quantitative estimate of drug-likeness (QED) is 0.338. The van der Waals surface area contributed by atoms with Crippen LogP contribution in [0.25, 0.3) is 0 Å². The Bertz CT molecular complexity index is 669. The topological polar surface area (TPSA) is 70.6 Å². The number of nitrogens with one attached hydrogen (secondary N) is 3. The Morgan fingerprint density at radius 2 is 2.00 bits per heavy atom. The van der Waals surface area contributed by atoms with E-state index < -0.39 is 0 Å². The zero-order chi connectivity index (χ0) is 18.6. The van der Waals surface area contributed by atoms with Crippen LogP contribution in [0.1, 0.15) is 23.2 Å². The number of guanidine groups is 1. The third-order valence-corrected chi connectivity index (χ3v) is 4.52. The van der Waals surface area contributed by atoms with Crippen molar-refractivity contribution < 1.29 is 4.74 Å². The second kappa shape index (κ2) is 11.5. The fourth-order valence-corrected chi connectivity index (χ4v) is 3.02. The number of methoxy groups -OCH3 is 1. The number of aryl methyl sites for hydroxylation is 1. The van der Waals surface area contributed by atoms with Crippen LogP contribution in [0.15, 0.2) is 34.6 Å². The predicted molar refractivity (Wildman–Crippen MR) is 110 cm³/mol. The molecule has 0 fully saturated rings. The van der Waals surface area contributed by atoms with E-state index in [0.717, 1.165) is 48.4 Å². The number of hydrogen-bond donors (Lipinski definition) is 3. The van der Waals surface area contributed by atoms with Crippen LogP contribution in [0.5, 0.6) is 0 Å². The van der Waals surface area contributed by atoms with Crippen LogP contribution in [-0.4, -0.2) is 44.3 Å². The molecule has 1 heterocycles. The van der Waals surface area contributed by atoms with Gasteiger partial charge in [0, 0.05) is 44.2 Å². The van der Waals surface area contributed by atoms with Crippen molar-refractivity contribution in [1.29, 1.82) is 0 Å². The van der Waals surface area contributed by atoms with Gasteiger partial charge in [0.15, 0.2) is 5.96 Å². The maximum Gasteiger partial charge on any atom is 0.191 e. The Hall–Kier alpha value is -2.12. The first-order chi connectivity index (χ1) is 12.7. The van der Waals surface area contributed by atoms with Crippen LogP contribution in [0.3, 0.4) is 0 Å². The zero-order valence-corrected chi connectivity index (χ0v) is 16.7. The smallest absolute Gasteiger partial charge is 0.191 e. The summed E-state index contributed by atoms with van der Waals surface area (Å²) in [6.45, 7) is 7.91. The summed E-state index contributed by atoms with van der Waals surface area (Å²) in [7, 11) is 1.71. The molecule has 0 aliphatic rings. The molecule has 26 heavy (non-hydrogen) atoms. The normalized spacial score (nSPS) is 11.4. The number of aliphatic imine (C=N–C) groups is 1. The molecule has 0 aliphatic carbocycles. The number of rotatable bonds is 10. The fraction of sp³-hybridized carbons (Fsp3) is 0.474. The summed E-state index contributed by atoms with van der Waals surface area (Å²) in [5, 5.41) is 13.2. The molecule has 0 unspecified atom stereocenters. The van der Waals surface area contributed by atoms with Gasteiger partial charge in [0.25, 0.3) is 0 Å². The summed E-state index contributed by atoms with van der Waals surface area (Å²) < 4.78 is 5.04. The lowest BCUT2D eigenvalue weighted by molar-refractivity contribution is 0.211. The van der Waals surface area contributed by atoms with E-state index in [4.69, 9.17) is 4.74 Å². The van der Waals surface area contributed by atoms with Crippen LogP contribution in [-0.2, 0) is 17.7 Å². The number of aromatic nitrogens is 1. The number of hydrogen-bond acceptors (Lipinski definition) is 5. The first kappa shape index (κ1) is 20.2.